The highest BCUT2D eigenvalue weighted by Gasteiger charge is 2.11. The molecule has 15 heavy (non-hydrogen) atoms. The highest BCUT2D eigenvalue weighted by Crippen LogP contribution is 2.19. The summed E-state index contributed by atoms with van der Waals surface area (Å²) in [6.45, 7) is 6.32. The van der Waals surface area contributed by atoms with Crippen LogP contribution < -0.4 is 5.73 Å². The monoisotopic (exact) mass is 224 g/mol. The Balaban J connectivity index is 2.30. The summed E-state index contributed by atoms with van der Waals surface area (Å²) in [5.41, 5.74) is 6.66. The van der Waals surface area contributed by atoms with E-state index in [2.05, 4.69) is 23.9 Å². The molecule has 82 valence electrons. The first-order chi connectivity index (χ1) is 7.06. The maximum atomic E-state index is 5.76. The smallest absolute Gasteiger partial charge is 0.212 e. The Bertz CT molecular complexity index is 423. The van der Waals surface area contributed by atoms with Crippen LogP contribution in [0.5, 0.6) is 0 Å². The van der Waals surface area contributed by atoms with Gasteiger partial charge >= 0.3 is 0 Å². The summed E-state index contributed by atoms with van der Waals surface area (Å²) in [4.78, 5) is 5.38. The molecular formula is C10H16N4S. The lowest BCUT2D eigenvalue weighted by Crippen LogP contribution is -2.05. The van der Waals surface area contributed by atoms with Crippen LogP contribution in [0.2, 0.25) is 0 Å². The fraction of sp³-hybridized carbons (Fsp3) is 0.600. The van der Waals surface area contributed by atoms with E-state index in [0.717, 1.165) is 22.1 Å². The van der Waals surface area contributed by atoms with Gasteiger partial charge in [-0.3, -0.25) is 0 Å². The Morgan fingerprint density at radius 1 is 1.47 bits per heavy atom. The molecule has 2 N–H and O–H groups in total. The summed E-state index contributed by atoms with van der Waals surface area (Å²) in [7, 11) is 0. The van der Waals surface area contributed by atoms with Gasteiger partial charge in [0.05, 0.1) is 11.9 Å². The molecule has 4 nitrogen and oxygen atoms in total. The first-order valence-corrected chi connectivity index (χ1v) is 5.98. The van der Waals surface area contributed by atoms with E-state index in [1.807, 2.05) is 17.6 Å². The van der Waals surface area contributed by atoms with E-state index in [0.29, 0.717) is 5.92 Å². The van der Waals surface area contributed by atoms with E-state index in [1.54, 1.807) is 11.3 Å². The van der Waals surface area contributed by atoms with E-state index in [1.165, 1.54) is 0 Å². The lowest BCUT2D eigenvalue weighted by atomic mass is 10.1. The molecule has 0 fully saturated rings. The van der Waals surface area contributed by atoms with Crippen LogP contribution in [0.25, 0.3) is 4.96 Å². The molecule has 0 bridgehead atoms. The van der Waals surface area contributed by atoms with Crippen LogP contribution in [0, 0.1) is 5.92 Å². The molecule has 2 aromatic heterocycles. The average Bonchev–Trinajstić information content (AvgIpc) is 2.58. The predicted octanol–water partition coefficient (Wildman–Crippen LogP) is 2.01. The van der Waals surface area contributed by atoms with Gasteiger partial charge in [-0.05, 0) is 12.8 Å². The van der Waals surface area contributed by atoms with Gasteiger partial charge < -0.3 is 5.73 Å². The van der Waals surface area contributed by atoms with Gasteiger partial charge in [0.2, 0.25) is 4.96 Å². The number of nitrogens with two attached hydrogens (primary N) is 1. The summed E-state index contributed by atoms with van der Waals surface area (Å²) in [5.74, 6) is 0.633. The number of nitrogens with zero attached hydrogens (tertiary/aromatic N) is 3. The van der Waals surface area contributed by atoms with Gasteiger partial charge in [-0.15, -0.1) is 0 Å². The van der Waals surface area contributed by atoms with E-state index >= 15 is 0 Å². The van der Waals surface area contributed by atoms with Gasteiger partial charge in [0.15, 0.2) is 0 Å². The Kier molecular flexibility index (Phi) is 2.75. The van der Waals surface area contributed by atoms with Crippen LogP contribution >= 0.6 is 11.3 Å². The molecule has 2 aromatic rings. The molecule has 0 aliphatic rings. The van der Waals surface area contributed by atoms with E-state index in [9.17, 15) is 0 Å². The standard InChI is InChI=1S/C10H16N4S/c1-6(2)4-9-13-14-5-8(7(3)11)12-10(14)15-9/h5-7H,4,11H2,1-3H3. The fourth-order valence-corrected chi connectivity index (χ4v) is 2.50. The van der Waals surface area contributed by atoms with E-state index in [4.69, 9.17) is 5.73 Å². The molecule has 1 atom stereocenters. The lowest BCUT2D eigenvalue weighted by molar-refractivity contribution is 0.636. The first-order valence-electron chi connectivity index (χ1n) is 5.17. The van der Waals surface area contributed by atoms with Crippen LogP contribution in [0.1, 0.15) is 37.5 Å². The van der Waals surface area contributed by atoms with Crippen molar-refractivity contribution in [2.75, 3.05) is 0 Å². The Hall–Kier alpha value is -0.940. The van der Waals surface area contributed by atoms with Crippen LogP contribution in [0.4, 0.5) is 0 Å². The molecule has 2 heterocycles. The lowest BCUT2D eigenvalue weighted by Gasteiger charge is -1.98. The highest BCUT2D eigenvalue weighted by molar-refractivity contribution is 7.16. The number of fused-ring (bicyclic) bond motifs is 1. The fourth-order valence-electron chi connectivity index (χ4n) is 1.41. The van der Waals surface area contributed by atoms with Crippen molar-refractivity contribution < 1.29 is 0 Å². The van der Waals surface area contributed by atoms with Crippen molar-refractivity contribution in [3.63, 3.8) is 0 Å². The molecule has 0 radical (unpaired) electrons. The molecule has 0 saturated carbocycles. The molecule has 2 rings (SSSR count). The summed E-state index contributed by atoms with van der Waals surface area (Å²) in [5, 5.41) is 5.62. The van der Waals surface area contributed by atoms with Gasteiger partial charge in [0, 0.05) is 12.5 Å². The van der Waals surface area contributed by atoms with Crippen molar-refractivity contribution in [2.24, 2.45) is 11.7 Å². The second-order valence-electron chi connectivity index (χ2n) is 4.28. The molecule has 0 aliphatic heterocycles. The van der Waals surface area contributed by atoms with Gasteiger partial charge in [-0.2, -0.15) is 5.10 Å². The van der Waals surface area contributed by atoms with Crippen LogP contribution in [-0.4, -0.2) is 14.6 Å². The van der Waals surface area contributed by atoms with Crippen LogP contribution in [0.3, 0.4) is 0 Å². The molecule has 0 spiro atoms. The SMILES string of the molecule is CC(C)Cc1nn2cc(C(C)N)nc2s1. The number of hydrogen-bond acceptors (Lipinski definition) is 4. The van der Waals surface area contributed by atoms with Gasteiger partial charge in [0.1, 0.15) is 5.01 Å². The van der Waals surface area contributed by atoms with Crippen LogP contribution in [0.15, 0.2) is 6.20 Å². The third-order valence-corrected chi connectivity index (χ3v) is 3.10. The van der Waals surface area contributed by atoms with Crippen molar-refractivity contribution in [3.8, 4) is 0 Å². The van der Waals surface area contributed by atoms with Gasteiger partial charge in [-0.1, -0.05) is 25.2 Å². The van der Waals surface area contributed by atoms with Gasteiger partial charge in [0.25, 0.3) is 0 Å². The summed E-state index contributed by atoms with van der Waals surface area (Å²) < 4.78 is 1.83. The van der Waals surface area contributed by atoms with Crippen molar-refractivity contribution in [3.05, 3.63) is 16.9 Å². The Morgan fingerprint density at radius 3 is 2.73 bits per heavy atom. The summed E-state index contributed by atoms with van der Waals surface area (Å²) >= 11 is 1.65. The van der Waals surface area contributed by atoms with Gasteiger partial charge in [-0.25, -0.2) is 9.50 Å². The molecule has 0 aliphatic carbocycles. The number of aromatic nitrogens is 3. The minimum absolute atomic E-state index is 0.0209. The highest BCUT2D eigenvalue weighted by atomic mass is 32.1. The molecule has 0 amide bonds. The molecular weight excluding hydrogens is 208 g/mol. The van der Waals surface area contributed by atoms with Crippen LogP contribution in [-0.2, 0) is 6.42 Å². The third-order valence-electron chi connectivity index (χ3n) is 2.15. The third kappa shape index (κ3) is 2.18. The number of hydrogen-bond donors (Lipinski definition) is 1. The number of rotatable bonds is 3. The first kappa shape index (κ1) is 10.6. The molecule has 0 saturated heterocycles. The maximum absolute atomic E-state index is 5.76. The van der Waals surface area contributed by atoms with E-state index < -0.39 is 0 Å². The number of imidazole rings is 1. The average molecular weight is 224 g/mol. The zero-order valence-electron chi connectivity index (χ0n) is 9.27. The quantitative estimate of drug-likeness (QED) is 0.867. The second kappa shape index (κ2) is 3.90. The maximum Gasteiger partial charge on any atom is 0.212 e. The van der Waals surface area contributed by atoms with Crippen molar-refractivity contribution >= 4 is 16.3 Å². The topological polar surface area (TPSA) is 56.2 Å². The normalized spacial score (nSPS) is 13.9. The minimum Gasteiger partial charge on any atom is -0.323 e. The molecule has 5 heteroatoms. The molecule has 1 unspecified atom stereocenters. The summed E-state index contributed by atoms with van der Waals surface area (Å²) in [6, 6.07) is -0.0209. The zero-order chi connectivity index (χ0) is 11.0. The zero-order valence-corrected chi connectivity index (χ0v) is 10.1. The minimum atomic E-state index is -0.0209. The summed E-state index contributed by atoms with van der Waals surface area (Å²) in [6.07, 6.45) is 2.93. The Morgan fingerprint density at radius 2 is 2.20 bits per heavy atom. The largest absolute Gasteiger partial charge is 0.323 e. The Labute approximate surface area is 93.1 Å². The predicted molar refractivity (Wildman–Crippen MR) is 62.0 cm³/mol. The molecule has 0 aromatic carbocycles. The van der Waals surface area contributed by atoms with Crippen molar-refractivity contribution in [1.82, 2.24) is 14.6 Å². The van der Waals surface area contributed by atoms with Crippen molar-refractivity contribution in [2.45, 2.75) is 33.2 Å². The van der Waals surface area contributed by atoms with E-state index in [-0.39, 0.29) is 6.04 Å². The van der Waals surface area contributed by atoms with Crippen molar-refractivity contribution in [1.29, 1.82) is 0 Å². The second-order valence-corrected chi connectivity index (χ2v) is 5.32.